The molecule has 1 aromatic rings. The summed E-state index contributed by atoms with van der Waals surface area (Å²) in [6.45, 7) is 1.37. The lowest BCUT2D eigenvalue weighted by Crippen LogP contribution is -2.45. The summed E-state index contributed by atoms with van der Waals surface area (Å²) in [5, 5.41) is 19.9. The molecule has 1 aromatic carbocycles. The molecule has 0 unspecified atom stereocenters. The average molecular weight is 247 g/mol. The van der Waals surface area contributed by atoms with E-state index >= 15 is 0 Å². The van der Waals surface area contributed by atoms with E-state index in [0.717, 1.165) is 0 Å². The summed E-state index contributed by atoms with van der Waals surface area (Å²) in [5.41, 5.74) is 0.771. The fourth-order valence-electron chi connectivity index (χ4n) is 1.31. The van der Waals surface area contributed by atoms with Crippen LogP contribution in [-0.2, 0) is 4.79 Å². The number of nitrogens with one attached hydrogen (secondary N) is 1. The molecule has 0 spiro atoms. The summed E-state index contributed by atoms with van der Waals surface area (Å²) >= 11 is 0. The molecule has 94 valence electrons. The normalized spacial score (nSPS) is 11.2. The standard InChI is InChI=1S/C12H13N3O3/c1-8(11(16)17)14-12(18)15(2)10-6-4-3-5-9(10)7-13/h3-6,8H,1-2H3,(H,14,18)(H,16,17)/t8-/m0/s1. The van der Waals surface area contributed by atoms with E-state index in [-0.39, 0.29) is 0 Å². The summed E-state index contributed by atoms with van der Waals surface area (Å²) in [6, 6.07) is 6.98. The molecule has 0 aromatic heterocycles. The van der Waals surface area contributed by atoms with E-state index in [9.17, 15) is 9.59 Å². The van der Waals surface area contributed by atoms with E-state index in [1.54, 1.807) is 24.3 Å². The van der Waals surface area contributed by atoms with Crippen molar-refractivity contribution >= 4 is 17.7 Å². The second kappa shape index (κ2) is 5.68. The number of nitrogens with zero attached hydrogens (tertiary/aromatic N) is 2. The number of urea groups is 1. The van der Waals surface area contributed by atoms with Gasteiger partial charge in [-0.1, -0.05) is 12.1 Å². The third-order valence-corrected chi connectivity index (χ3v) is 2.40. The van der Waals surface area contributed by atoms with Gasteiger partial charge in [0.15, 0.2) is 0 Å². The van der Waals surface area contributed by atoms with Gasteiger partial charge in [0.05, 0.1) is 11.3 Å². The first-order chi connectivity index (χ1) is 8.47. The molecule has 0 heterocycles. The van der Waals surface area contributed by atoms with Gasteiger partial charge in [0, 0.05) is 7.05 Å². The molecule has 18 heavy (non-hydrogen) atoms. The Morgan fingerprint density at radius 2 is 2.06 bits per heavy atom. The lowest BCUT2D eigenvalue weighted by Gasteiger charge is -2.20. The van der Waals surface area contributed by atoms with Crippen LogP contribution in [0.2, 0.25) is 0 Å². The smallest absolute Gasteiger partial charge is 0.325 e. The molecule has 0 saturated carbocycles. The molecule has 2 N–H and O–H groups in total. The first-order valence-corrected chi connectivity index (χ1v) is 5.23. The highest BCUT2D eigenvalue weighted by molar-refractivity contribution is 5.95. The molecule has 0 aliphatic carbocycles. The van der Waals surface area contributed by atoms with Crippen molar-refractivity contribution in [3.63, 3.8) is 0 Å². The maximum atomic E-state index is 11.8. The number of carboxylic acid groups (broad SMARTS) is 1. The minimum absolute atomic E-state index is 0.345. The lowest BCUT2D eigenvalue weighted by molar-refractivity contribution is -0.138. The number of hydrogen-bond donors (Lipinski definition) is 2. The number of aliphatic carboxylic acids is 1. The predicted molar refractivity (Wildman–Crippen MR) is 65.2 cm³/mol. The van der Waals surface area contributed by atoms with Crippen molar-refractivity contribution in [2.75, 3.05) is 11.9 Å². The zero-order chi connectivity index (χ0) is 13.7. The minimum atomic E-state index is -1.12. The number of hydrogen-bond acceptors (Lipinski definition) is 3. The van der Waals surface area contributed by atoms with Crippen LogP contribution in [0.25, 0.3) is 0 Å². The largest absolute Gasteiger partial charge is 0.480 e. The van der Waals surface area contributed by atoms with E-state index in [0.29, 0.717) is 11.3 Å². The molecule has 6 heteroatoms. The van der Waals surface area contributed by atoms with Crippen LogP contribution in [0.4, 0.5) is 10.5 Å². The Balaban J connectivity index is 2.87. The lowest BCUT2D eigenvalue weighted by atomic mass is 10.2. The number of rotatable bonds is 3. The van der Waals surface area contributed by atoms with Crippen molar-refractivity contribution in [3.8, 4) is 6.07 Å². The second-order valence-corrected chi connectivity index (χ2v) is 3.70. The van der Waals surface area contributed by atoms with Gasteiger partial charge >= 0.3 is 12.0 Å². The van der Waals surface area contributed by atoms with Crippen LogP contribution in [0.5, 0.6) is 0 Å². The maximum Gasteiger partial charge on any atom is 0.325 e. The van der Waals surface area contributed by atoms with Crippen LogP contribution < -0.4 is 10.2 Å². The van der Waals surface area contributed by atoms with Crippen LogP contribution in [0.1, 0.15) is 12.5 Å². The van der Waals surface area contributed by atoms with E-state index < -0.39 is 18.0 Å². The van der Waals surface area contributed by atoms with Gasteiger partial charge in [0.1, 0.15) is 12.1 Å². The molecule has 0 aliphatic heterocycles. The van der Waals surface area contributed by atoms with Gasteiger partial charge in [-0.15, -0.1) is 0 Å². The minimum Gasteiger partial charge on any atom is -0.480 e. The number of carbonyl (C=O) groups excluding carboxylic acids is 1. The second-order valence-electron chi connectivity index (χ2n) is 3.70. The highest BCUT2D eigenvalue weighted by Crippen LogP contribution is 2.17. The van der Waals surface area contributed by atoms with E-state index in [4.69, 9.17) is 10.4 Å². The molecule has 0 fully saturated rings. The highest BCUT2D eigenvalue weighted by atomic mass is 16.4. The highest BCUT2D eigenvalue weighted by Gasteiger charge is 2.19. The Bertz CT molecular complexity index is 508. The topological polar surface area (TPSA) is 93.4 Å². The van der Waals surface area contributed by atoms with Crippen LogP contribution in [0, 0.1) is 11.3 Å². The quantitative estimate of drug-likeness (QED) is 0.838. The number of carboxylic acids is 1. The van der Waals surface area contributed by atoms with Crippen LogP contribution in [0.3, 0.4) is 0 Å². The Labute approximate surface area is 104 Å². The number of benzene rings is 1. The van der Waals surface area contributed by atoms with Gasteiger partial charge in [-0.25, -0.2) is 4.79 Å². The van der Waals surface area contributed by atoms with Gasteiger partial charge in [-0.3, -0.25) is 9.69 Å². The molecule has 2 amide bonds. The molecule has 0 saturated heterocycles. The van der Waals surface area contributed by atoms with E-state index in [2.05, 4.69) is 5.32 Å². The van der Waals surface area contributed by atoms with Crippen molar-refractivity contribution in [3.05, 3.63) is 29.8 Å². The molecule has 6 nitrogen and oxygen atoms in total. The SMILES string of the molecule is C[C@H](NC(=O)N(C)c1ccccc1C#N)C(=O)O. The van der Waals surface area contributed by atoms with E-state index in [1.807, 2.05) is 6.07 Å². The van der Waals surface area contributed by atoms with Crippen molar-refractivity contribution in [1.82, 2.24) is 5.32 Å². The summed E-state index contributed by atoms with van der Waals surface area (Å²) in [7, 11) is 1.47. The predicted octanol–water partition coefficient (Wildman–Crippen LogP) is 1.18. The Morgan fingerprint density at radius 3 is 2.61 bits per heavy atom. The summed E-state index contributed by atoms with van der Waals surface area (Å²) in [6.07, 6.45) is 0. The van der Waals surface area contributed by atoms with Crippen LogP contribution in [-0.4, -0.2) is 30.2 Å². The Kier molecular flexibility index (Phi) is 4.27. The number of para-hydroxylation sites is 1. The molecule has 1 atom stereocenters. The summed E-state index contributed by atoms with van der Waals surface area (Å²) in [5.74, 6) is -1.12. The molecule has 1 rings (SSSR count). The fourth-order valence-corrected chi connectivity index (χ4v) is 1.31. The Morgan fingerprint density at radius 1 is 1.44 bits per heavy atom. The van der Waals surface area contributed by atoms with Gasteiger partial charge < -0.3 is 10.4 Å². The molecule has 0 radical (unpaired) electrons. The van der Waals surface area contributed by atoms with Crippen molar-refractivity contribution < 1.29 is 14.7 Å². The summed E-state index contributed by atoms with van der Waals surface area (Å²) < 4.78 is 0. The summed E-state index contributed by atoms with van der Waals surface area (Å²) in [4.78, 5) is 23.6. The third-order valence-electron chi connectivity index (χ3n) is 2.40. The van der Waals surface area contributed by atoms with Crippen LogP contribution >= 0.6 is 0 Å². The third kappa shape index (κ3) is 2.98. The van der Waals surface area contributed by atoms with Gasteiger partial charge in [0.2, 0.25) is 0 Å². The van der Waals surface area contributed by atoms with Crippen LogP contribution in [0.15, 0.2) is 24.3 Å². The van der Waals surface area contributed by atoms with Gasteiger partial charge in [-0.2, -0.15) is 5.26 Å². The average Bonchev–Trinajstić information content (AvgIpc) is 2.37. The van der Waals surface area contributed by atoms with Crippen molar-refractivity contribution in [2.24, 2.45) is 0 Å². The molecule has 0 bridgehead atoms. The molecular formula is C12H13N3O3. The fraction of sp³-hybridized carbons (Fsp3) is 0.250. The van der Waals surface area contributed by atoms with Gasteiger partial charge in [0.25, 0.3) is 0 Å². The maximum absolute atomic E-state index is 11.8. The zero-order valence-corrected chi connectivity index (χ0v) is 10.0. The molecular weight excluding hydrogens is 234 g/mol. The zero-order valence-electron chi connectivity index (χ0n) is 10.0. The first-order valence-electron chi connectivity index (χ1n) is 5.23. The number of amides is 2. The van der Waals surface area contributed by atoms with Gasteiger partial charge in [-0.05, 0) is 19.1 Å². The number of nitriles is 1. The monoisotopic (exact) mass is 247 g/mol. The number of carbonyl (C=O) groups is 2. The van der Waals surface area contributed by atoms with Crippen molar-refractivity contribution in [2.45, 2.75) is 13.0 Å². The number of anilines is 1. The molecule has 0 aliphatic rings. The van der Waals surface area contributed by atoms with Crippen molar-refractivity contribution in [1.29, 1.82) is 5.26 Å². The first kappa shape index (κ1) is 13.5. The Hall–Kier alpha value is -2.55. The van der Waals surface area contributed by atoms with E-state index in [1.165, 1.54) is 18.9 Å².